The minimum absolute atomic E-state index is 0.118. The quantitative estimate of drug-likeness (QED) is 0.464. The SMILES string of the molecule is COc1cc2nc(=S)n3c(c2cc1OC)N[C@@H](CCC(=O)NCCc1ccc(Cl)cc1)C3=O. The molecule has 1 aromatic heterocycles. The summed E-state index contributed by atoms with van der Waals surface area (Å²) < 4.78 is 12.2. The van der Waals surface area contributed by atoms with E-state index in [2.05, 4.69) is 15.6 Å². The highest BCUT2D eigenvalue weighted by molar-refractivity contribution is 7.71. The minimum Gasteiger partial charge on any atom is -0.493 e. The second kappa shape index (κ2) is 9.76. The van der Waals surface area contributed by atoms with Gasteiger partial charge in [0.15, 0.2) is 11.5 Å². The van der Waals surface area contributed by atoms with Gasteiger partial charge in [-0.25, -0.2) is 9.55 Å². The Morgan fingerprint density at radius 1 is 1.21 bits per heavy atom. The summed E-state index contributed by atoms with van der Waals surface area (Å²) in [6.07, 6.45) is 1.23. The highest BCUT2D eigenvalue weighted by Crippen LogP contribution is 2.36. The third-order valence-corrected chi connectivity index (χ3v) is 6.05. The predicted molar refractivity (Wildman–Crippen MR) is 129 cm³/mol. The number of anilines is 1. The average molecular weight is 487 g/mol. The van der Waals surface area contributed by atoms with Crippen LogP contribution in [0.3, 0.4) is 0 Å². The summed E-state index contributed by atoms with van der Waals surface area (Å²) in [5.41, 5.74) is 1.67. The molecule has 0 spiro atoms. The van der Waals surface area contributed by atoms with E-state index in [0.29, 0.717) is 52.6 Å². The predicted octanol–water partition coefficient (Wildman–Crippen LogP) is 4.01. The highest BCUT2D eigenvalue weighted by Gasteiger charge is 2.32. The third-order valence-electron chi connectivity index (χ3n) is 5.53. The number of nitrogens with one attached hydrogen (secondary N) is 2. The number of ether oxygens (including phenoxy) is 2. The maximum Gasteiger partial charge on any atom is 0.257 e. The molecule has 2 aromatic carbocycles. The maximum atomic E-state index is 13.0. The van der Waals surface area contributed by atoms with Crippen LogP contribution in [0.4, 0.5) is 5.82 Å². The van der Waals surface area contributed by atoms with Crippen LogP contribution in [0.25, 0.3) is 10.9 Å². The van der Waals surface area contributed by atoms with Gasteiger partial charge in [0.25, 0.3) is 5.91 Å². The Labute approximate surface area is 200 Å². The molecule has 2 heterocycles. The van der Waals surface area contributed by atoms with Crippen molar-refractivity contribution >= 4 is 52.4 Å². The summed E-state index contributed by atoms with van der Waals surface area (Å²) in [6, 6.07) is 10.4. The maximum absolute atomic E-state index is 13.0. The van der Waals surface area contributed by atoms with Crippen LogP contribution in [-0.4, -0.2) is 48.2 Å². The molecule has 1 atom stereocenters. The van der Waals surface area contributed by atoms with Gasteiger partial charge in [0.1, 0.15) is 11.9 Å². The Morgan fingerprint density at radius 3 is 2.61 bits per heavy atom. The van der Waals surface area contributed by atoms with Crippen LogP contribution in [0.5, 0.6) is 11.5 Å². The van der Waals surface area contributed by atoms with Crippen LogP contribution in [0, 0.1) is 4.77 Å². The first kappa shape index (κ1) is 23.0. The Hall–Kier alpha value is -3.17. The topological polar surface area (TPSA) is 94.5 Å². The third kappa shape index (κ3) is 4.79. The van der Waals surface area contributed by atoms with Crippen LogP contribution in [0.2, 0.25) is 5.02 Å². The molecule has 33 heavy (non-hydrogen) atoms. The van der Waals surface area contributed by atoms with Gasteiger partial charge >= 0.3 is 0 Å². The molecule has 3 aromatic rings. The van der Waals surface area contributed by atoms with E-state index in [1.165, 1.54) is 4.57 Å². The second-order valence-electron chi connectivity index (χ2n) is 7.60. The fourth-order valence-electron chi connectivity index (χ4n) is 3.81. The molecule has 0 saturated carbocycles. The van der Waals surface area contributed by atoms with Gasteiger partial charge in [0.2, 0.25) is 10.7 Å². The van der Waals surface area contributed by atoms with E-state index in [9.17, 15) is 9.59 Å². The molecule has 8 nitrogen and oxygen atoms in total. The zero-order chi connectivity index (χ0) is 23.5. The Bertz CT molecular complexity index is 1280. The first-order valence-electron chi connectivity index (χ1n) is 10.4. The number of amides is 1. The standard InChI is InChI=1S/C23H23ClN4O4S/c1-31-18-11-15-17(12-19(18)32-2)27-23(33)28-21(15)26-16(22(28)30)7-8-20(29)25-10-9-13-3-5-14(24)6-4-13/h3-6,11-12,16,26H,7-10H2,1-2H3,(H,25,29)/t16-/m0/s1. The first-order chi connectivity index (χ1) is 15.9. The van der Waals surface area contributed by atoms with Gasteiger partial charge in [0.05, 0.1) is 19.7 Å². The van der Waals surface area contributed by atoms with Crippen molar-refractivity contribution in [3.05, 3.63) is 51.8 Å². The van der Waals surface area contributed by atoms with Crippen molar-refractivity contribution in [2.24, 2.45) is 0 Å². The van der Waals surface area contributed by atoms with Crippen LogP contribution in [-0.2, 0) is 11.2 Å². The highest BCUT2D eigenvalue weighted by atomic mass is 35.5. The molecule has 0 bridgehead atoms. The van der Waals surface area contributed by atoms with E-state index in [1.807, 2.05) is 24.3 Å². The van der Waals surface area contributed by atoms with Gasteiger partial charge in [0, 0.05) is 29.4 Å². The monoisotopic (exact) mass is 486 g/mol. The Morgan fingerprint density at radius 2 is 1.91 bits per heavy atom. The number of nitrogens with zero attached hydrogens (tertiary/aromatic N) is 2. The summed E-state index contributed by atoms with van der Waals surface area (Å²) in [7, 11) is 3.08. The molecule has 2 N–H and O–H groups in total. The second-order valence-corrected chi connectivity index (χ2v) is 8.40. The number of methoxy groups -OCH3 is 2. The lowest BCUT2D eigenvalue weighted by atomic mass is 10.1. The van der Waals surface area contributed by atoms with Crippen molar-refractivity contribution in [2.75, 3.05) is 26.1 Å². The normalized spacial score (nSPS) is 14.6. The van der Waals surface area contributed by atoms with Gasteiger partial charge in [-0.05, 0) is 48.8 Å². The van der Waals surface area contributed by atoms with Gasteiger partial charge in [-0.1, -0.05) is 23.7 Å². The van der Waals surface area contributed by atoms with Crippen molar-refractivity contribution in [3.63, 3.8) is 0 Å². The summed E-state index contributed by atoms with van der Waals surface area (Å²) in [4.78, 5) is 29.7. The van der Waals surface area contributed by atoms with Crippen LogP contribution in [0.1, 0.15) is 23.2 Å². The van der Waals surface area contributed by atoms with Gasteiger partial charge < -0.3 is 20.1 Å². The molecule has 0 unspecified atom stereocenters. The zero-order valence-electron chi connectivity index (χ0n) is 18.2. The molecule has 4 rings (SSSR count). The number of aromatic nitrogens is 2. The number of hydrogen-bond acceptors (Lipinski definition) is 7. The lowest BCUT2D eigenvalue weighted by molar-refractivity contribution is -0.121. The van der Waals surface area contributed by atoms with Gasteiger partial charge in [-0.15, -0.1) is 0 Å². The smallest absolute Gasteiger partial charge is 0.257 e. The lowest BCUT2D eigenvalue weighted by Crippen LogP contribution is -2.30. The number of carbonyl (C=O) groups excluding carboxylic acids is 2. The fraction of sp³-hybridized carbons (Fsp3) is 0.304. The van der Waals surface area contributed by atoms with Gasteiger partial charge in [-0.2, -0.15) is 0 Å². The number of rotatable bonds is 8. The molecule has 1 aliphatic rings. The molecule has 10 heteroatoms. The van der Waals surface area contributed by atoms with E-state index in [1.54, 1.807) is 26.4 Å². The van der Waals surface area contributed by atoms with E-state index in [-0.39, 0.29) is 23.0 Å². The molecule has 1 amide bonds. The van der Waals surface area contributed by atoms with Crippen molar-refractivity contribution in [1.29, 1.82) is 0 Å². The van der Waals surface area contributed by atoms with Crippen molar-refractivity contribution in [1.82, 2.24) is 14.9 Å². The van der Waals surface area contributed by atoms with Crippen molar-refractivity contribution in [3.8, 4) is 11.5 Å². The molecule has 0 fully saturated rings. The lowest BCUT2D eigenvalue weighted by Gasteiger charge is -2.12. The van der Waals surface area contributed by atoms with E-state index < -0.39 is 6.04 Å². The Kier molecular flexibility index (Phi) is 6.80. The minimum atomic E-state index is -0.575. The summed E-state index contributed by atoms with van der Waals surface area (Å²) >= 11 is 11.2. The summed E-state index contributed by atoms with van der Waals surface area (Å²) in [5.74, 6) is 1.24. The molecule has 0 radical (unpaired) electrons. The molecule has 172 valence electrons. The molecule has 0 saturated heterocycles. The first-order valence-corrected chi connectivity index (χ1v) is 11.2. The largest absolute Gasteiger partial charge is 0.493 e. The molecule has 1 aliphatic heterocycles. The number of fused-ring (bicyclic) bond motifs is 3. The molecule has 0 aliphatic carbocycles. The van der Waals surface area contributed by atoms with E-state index in [0.717, 1.165) is 5.56 Å². The average Bonchev–Trinajstić information content (AvgIpc) is 3.15. The number of hydrogen-bond donors (Lipinski definition) is 2. The fourth-order valence-corrected chi connectivity index (χ4v) is 4.21. The van der Waals surface area contributed by atoms with Crippen LogP contribution in [0.15, 0.2) is 36.4 Å². The zero-order valence-corrected chi connectivity index (χ0v) is 19.8. The van der Waals surface area contributed by atoms with Crippen molar-refractivity contribution in [2.45, 2.75) is 25.3 Å². The number of carbonyl (C=O) groups is 2. The summed E-state index contributed by atoms with van der Waals surface area (Å²) in [5, 5.41) is 7.47. The van der Waals surface area contributed by atoms with Gasteiger partial charge in [-0.3, -0.25) is 9.59 Å². The number of halogens is 1. The molecular formula is C23H23ClN4O4S. The summed E-state index contributed by atoms with van der Waals surface area (Å²) in [6.45, 7) is 0.508. The number of benzene rings is 2. The van der Waals surface area contributed by atoms with E-state index >= 15 is 0 Å². The Balaban J connectivity index is 1.42. The van der Waals surface area contributed by atoms with Crippen molar-refractivity contribution < 1.29 is 19.1 Å². The van der Waals surface area contributed by atoms with E-state index in [4.69, 9.17) is 33.3 Å². The van der Waals surface area contributed by atoms with Crippen LogP contribution < -0.4 is 20.1 Å². The molecular weight excluding hydrogens is 464 g/mol. The van der Waals surface area contributed by atoms with Crippen LogP contribution >= 0.6 is 23.8 Å².